The summed E-state index contributed by atoms with van der Waals surface area (Å²) in [4.78, 5) is 41.7. The zero-order chi connectivity index (χ0) is 23.4. The van der Waals surface area contributed by atoms with Crippen LogP contribution in [0.5, 0.6) is 0 Å². The summed E-state index contributed by atoms with van der Waals surface area (Å²) in [6.07, 6.45) is 6.30. The number of rotatable bonds is 4. The summed E-state index contributed by atoms with van der Waals surface area (Å²) in [5.41, 5.74) is 2.30. The number of carbonyl (C=O) groups excluding carboxylic acids is 3. The van der Waals surface area contributed by atoms with E-state index in [0.717, 1.165) is 32.1 Å². The number of benzene rings is 2. The molecule has 2 aromatic rings. The number of esters is 2. The number of hydrogen-bond acceptors (Lipinski definition) is 5. The van der Waals surface area contributed by atoms with Crippen molar-refractivity contribution < 1.29 is 23.9 Å². The molecule has 1 saturated carbocycles. The van der Waals surface area contributed by atoms with Gasteiger partial charge in [0.1, 0.15) is 0 Å². The van der Waals surface area contributed by atoms with Crippen LogP contribution < -0.4 is 0 Å². The Hall–Kier alpha value is -3.67. The van der Waals surface area contributed by atoms with Gasteiger partial charge in [0.05, 0.1) is 25.4 Å². The van der Waals surface area contributed by atoms with Crippen molar-refractivity contribution in [3.63, 3.8) is 0 Å². The molecule has 6 heteroatoms. The minimum absolute atomic E-state index is 0.0108. The Bertz CT molecular complexity index is 1130. The smallest absolute Gasteiger partial charge is 0.340 e. The Morgan fingerprint density at radius 1 is 0.818 bits per heavy atom. The zero-order valence-electron chi connectivity index (χ0n) is 18.9. The molecule has 0 radical (unpaired) electrons. The van der Waals surface area contributed by atoms with E-state index in [1.54, 1.807) is 17.0 Å². The minimum Gasteiger partial charge on any atom is -0.465 e. The number of nitrogens with zero attached hydrogens (tertiary/aromatic N) is 1. The van der Waals surface area contributed by atoms with E-state index in [9.17, 15) is 14.4 Å². The van der Waals surface area contributed by atoms with Crippen molar-refractivity contribution in [1.82, 2.24) is 4.90 Å². The van der Waals surface area contributed by atoms with Crippen molar-refractivity contribution in [2.24, 2.45) is 0 Å². The maximum absolute atomic E-state index is 13.9. The van der Waals surface area contributed by atoms with Gasteiger partial charge in [0.15, 0.2) is 0 Å². The number of ether oxygens (including phenoxy) is 2. The van der Waals surface area contributed by atoms with E-state index in [1.807, 2.05) is 42.5 Å². The number of methoxy groups -OCH3 is 2. The van der Waals surface area contributed by atoms with Gasteiger partial charge in [-0.1, -0.05) is 67.8 Å². The third-order valence-corrected chi connectivity index (χ3v) is 6.27. The van der Waals surface area contributed by atoms with Crippen LogP contribution in [0.15, 0.2) is 71.9 Å². The van der Waals surface area contributed by atoms with Crippen LogP contribution in [0.2, 0.25) is 0 Å². The first-order valence-electron chi connectivity index (χ1n) is 11.2. The SMILES string of the molecule is COC(=O)C1=CN(C2CCCCC2)C(=O)c2ccccc2C(c2ccccc2)=C1C(=O)OC. The molecule has 0 bridgehead atoms. The summed E-state index contributed by atoms with van der Waals surface area (Å²) in [7, 11) is 2.54. The third-order valence-electron chi connectivity index (χ3n) is 6.27. The topological polar surface area (TPSA) is 72.9 Å². The molecule has 1 aliphatic heterocycles. The predicted octanol–water partition coefficient (Wildman–Crippen LogP) is 4.51. The second-order valence-corrected chi connectivity index (χ2v) is 8.19. The number of hydrogen-bond donors (Lipinski definition) is 0. The first kappa shape index (κ1) is 22.5. The first-order valence-corrected chi connectivity index (χ1v) is 11.2. The second kappa shape index (κ2) is 9.86. The third kappa shape index (κ3) is 4.33. The van der Waals surface area contributed by atoms with Crippen LogP contribution in [-0.2, 0) is 19.1 Å². The van der Waals surface area contributed by atoms with Crippen LogP contribution in [0.3, 0.4) is 0 Å². The van der Waals surface area contributed by atoms with E-state index in [0.29, 0.717) is 22.3 Å². The molecule has 1 aliphatic carbocycles. The van der Waals surface area contributed by atoms with Gasteiger partial charge in [0, 0.05) is 23.4 Å². The highest BCUT2D eigenvalue weighted by molar-refractivity contribution is 6.17. The van der Waals surface area contributed by atoms with Crippen LogP contribution >= 0.6 is 0 Å². The zero-order valence-corrected chi connectivity index (χ0v) is 18.9. The fourth-order valence-electron chi connectivity index (χ4n) is 4.67. The van der Waals surface area contributed by atoms with Crippen molar-refractivity contribution in [1.29, 1.82) is 0 Å². The monoisotopic (exact) mass is 445 g/mol. The summed E-state index contributed by atoms with van der Waals surface area (Å²) in [6, 6.07) is 16.4. The highest BCUT2D eigenvalue weighted by atomic mass is 16.5. The van der Waals surface area contributed by atoms with Crippen LogP contribution in [0.4, 0.5) is 0 Å². The van der Waals surface area contributed by atoms with E-state index in [1.165, 1.54) is 20.4 Å². The summed E-state index contributed by atoms with van der Waals surface area (Å²) < 4.78 is 10.2. The molecule has 170 valence electrons. The molecular formula is C27H27NO5. The lowest BCUT2D eigenvalue weighted by Crippen LogP contribution is -2.39. The molecule has 0 atom stereocenters. The molecule has 2 aromatic carbocycles. The first-order chi connectivity index (χ1) is 16.1. The Kier molecular flexibility index (Phi) is 6.73. The molecule has 1 fully saturated rings. The molecule has 4 rings (SSSR count). The van der Waals surface area contributed by atoms with Crippen molar-refractivity contribution >= 4 is 23.4 Å². The second-order valence-electron chi connectivity index (χ2n) is 8.19. The van der Waals surface area contributed by atoms with E-state index in [4.69, 9.17) is 9.47 Å². The Balaban J connectivity index is 2.09. The number of fused-ring (bicyclic) bond motifs is 1. The summed E-state index contributed by atoms with van der Waals surface area (Å²) >= 11 is 0. The van der Waals surface area contributed by atoms with Crippen LogP contribution in [0.1, 0.15) is 53.6 Å². The van der Waals surface area contributed by atoms with Gasteiger partial charge in [-0.3, -0.25) is 4.79 Å². The number of amides is 1. The molecular weight excluding hydrogens is 418 g/mol. The number of carbonyl (C=O) groups is 3. The summed E-state index contributed by atoms with van der Waals surface area (Å²) in [6.45, 7) is 0. The Labute approximate surface area is 193 Å². The molecule has 6 nitrogen and oxygen atoms in total. The van der Waals surface area contributed by atoms with Crippen molar-refractivity contribution in [3.05, 3.63) is 88.6 Å². The van der Waals surface area contributed by atoms with Gasteiger partial charge >= 0.3 is 11.9 Å². The fraction of sp³-hybridized carbons (Fsp3) is 0.296. The van der Waals surface area contributed by atoms with Crippen LogP contribution in [-0.4, -0.2) is 43.0 Å². The van der Waals surface area contributed by atoms with Gasteiger partial charge in [0.25, 0.3) is 5.91 Å². The van der Waals surface area contributed by atoms with E-state index >= 15 is 0 Å². The maximum Gasteiger partial charge on any atom is 0.340 e. The standard InChI is InChI=1S/C27H27NO5/c1-32-26(30)22-17-28(19-13-7-4-8-14-19)25(29)21-16-10-9-15-20(21)23(24(22)27(31)33-2)18-11-5-3-6-12-18/h3,5-6,9-12,15-17,19H,4,7-8,13-14H2,1-2H3. The molecule has 2 aliphatic rings. The molecule has 0 N–H and O–H groups in total. The van der Waals surface area contributed by atoms with E-state index < -0.39 is 11.9 Å². The quantitative estimate of drug-likeness (QED) is 0.648. The normalized spacial score (nSPS) is 17.0. The highest BCUT2D eigenvalue weighted by Gasteiger charge is 2.36. The lowest BCUT2D eigenvalue weighted by molar-refractivity contribution is -0.139. The molecule has 0 saturated heterocycles. The highest BCUT2D eigenvalue weighted by Crippen LogP contribution is 2.37. The summed E-state index contributed by atoms with van der Waals surface area (Å²) in [5, 5.41) is 0. The molecule has 33 heavy (non-hydrogen) atoms. The van der Waals surface area contributed by atoms with Crippen molar-refractivity contribution in [3.8, 4) is 0 Å². The Morgan fingerprint density at radius 3 is 2.06 bits per heavy atom. The largest absolute Gasteiger partial charge is 0.465 e. The van der Waals surface area contributed by atoms with Crippen molar-refractivity contribution in [2.75, 3.05) is 14.2 Å². The van der Waals surface area contributed by atoms with Gasteiger partial charge in [0.2, 0.25) is 0 Å². The average Bonchev–Trinajstić information content (AvgIpc) is 2.87. The molecule has 1 amide bonds. The maximum atomic E-state index is 13.9. The van der Waals surface area contributed by atoms with Crippen molar-refractivity contribution in [2.45, 2.75) is 38.1 Å². The van der Waals surface area contributed by atoms with E-state index in [2.05, 4.69) is 0 Å². The lowest BCUT2D eigenvalue weighted by Gasteiger charge is -2.34. The predicted molar refractivity (Wildman–Crippen MR) is 124 cm³/mol. The van der Waals surface area contributed by atoms with Gasteiger partial charge in [-0.05, 0) is 30.0 Å². The lowest BCUT2D eigenvalue weighted by atomic mass is 9.84. The summed E-state index contributed by atoms with van der Waals surface area (Å²) in [5.74, 6) is -1.56. The van der Waals surface area contributed by atoms with Gasteiger partial charge in [-0.2, -0.15) is 0 Å². The molecule has 0 spiro atoms. The van der Waals surface area contributed by atoms with Gasteiger partial charge < -0.3 is 14.4 Å². The Morgan fingerprint density at radius 2 is 1.42 bits per heavy atom. The molecule has 0 unspecified atom stereocenters. The van der Waals surface area contributed by atoms with Gasteiger partial charge in [-0.25, -0.2) is 9.59 Å². The molecule has 0 aromatic heterocycles. The fourth-order valence-corrected chi connectivity index (χ4v) is 4.67. The minimum atomic E-state index is -0.697. The van der Waals surface area contributed by atoms with E-state index in [-0.39, 0.29) is 23.1 Å². The van der Waals surface area contributed by atoms with Crippen LogP contribution in [0, 0.1) is 0 Å². The van der Waals surface area contributed by atoms with Gasteiger partial charge in [-0.15, -0.1) is 0 Å². The average molecular weight is 446 g/mol. The molecule has 1 heterocycles. The van der Waals surface area contributed by atoms with Crippen LogP contribution in [0.25, 0.3) is 5.57 Å².